The van der Waals surface area contributed by atoms with Crippen molar-refractivity contribution in [2.24, 2.45) is 0 Å². The van der Waals surface area contributed by atoms with Gasteiger partial charge in [-0.3, -0.25) is 0 Å². The molecule has 0 radical (unpaired) electrons. The number of carbonyl (C=O) groups is 1. The van der Waals surface area contributed by atoms with Gasteiger partial charge in [-0.2, -0.15) is 4.98 Å². The van der Waals surface area contributed by atoms with Crippen LogP contribution in [0.3, 0.4) is 0 Å². The molecule has 0 bridgehead atoms. The van der Waals surface area contributed by atoms with Crippen molar-refractivity contribution in [2.75, 3.05) is 24.8 Å². The number of halogens is 1. The van der Waals surface area contributed by atoms with Crippen molar-refractivity contribution in [1.82, 2.24) is 14.8 Å². The number of rotatable bonds is 12. The van der Waals surface area contributed by atoms with Gasteiger partial charge in [-0.25, -0.2) is 9.48 Å². The molecule has 2 heterocycles. The van der Waals surface area contributed by atoms with Crippen molar-refractivity contribution in [3.05, 3.63) is 82.0 Å². The summed E-state index contributed by atoms with van der Waals surface area (Å²) in [4.78, 5) is 17.9. The van der Waals surface area contributed by atoms with Crippen LogP contribution in [0.4, 0.5) is 5.95 Å². The zero-order valence-electron chi connectivity index (χ0n) is 21.7. The highest BCUT2D eigenvalue weighted by atomic mass is 79.9. The van der Waals surface area contributed by atoms with E-state index in [1.807, 2.05) is 49.4 Å². The number of benzene rings is 2. The molecular weight excluding hydrogens is 568 g/mol. The number of esters is 1. The van der Waals surface area contributed by atoms with E-state index in [4.69, 9.17) is 19.3 Å². The van der Waals surface area contributed by atoms with Crippen molar-refractivity contribution < 1.29 is 19.0 Å². The number of methoxy groups -OCH3 is 1. The molecule has 0 aliphatic carbocycles. The third kappa shape index (κ3) is 6.42. The SMILES string of the molecule is C=CCOC(=O)C1=C(C)Nc2nc(SCCCC)nn2C1c1ccc(OCc2cccc(Br)c2)c(OC)c1. The van der Waals surface area contributed by atoms with Crippen LogP contribution in [0.5, 0.6) is 11.5 Å². The highest BCUT2D eigenvalue weighted by Gasteiger charge is 2.35. The number of nitrogens with zero attached hydrogens (tertiary/aromatic N) is 3. The average Bonchev–Trinajstić information content (AvgIpc) is 3.32. The largest absolute Gasteiger partial charge is 0.493 e. The molecule has 200 valence electrons. The summed E-state index contributed by atoms with van der Waals surface area (Å²) in [5, 5.41) is 8.64. The molecule has 0 saturated heterocycles. The molecule has 0 spiro atoms. The molecule has 1 unspecified atom stereocenters. The summed E-state index contributed by atoms with van der Waals surface area (Å²) in [6.07, 6.45) is 3.71. The minimum absolute atomic E-state index is 0.108. The fourth-order valence-electron chi connectivity index (χ4n) is 4.05. The van der Waals surface area contributed by atoms with Crippen LogP contribution < -0.4 is 14.8 Å². The van der Waals surface area contributed by atoms with Crippen molar-refractivity contribution in [3.8, 4) is 11.5 Å². The van der Waals surface area contributed by atoms with Gasteiger partial charge in [0.25, 0.3) is 0 Å². The third-order valence-electron chi connectivity index (χ3n) is 5.90. The van der Waals surface area contributed by atoms with E-state index < -0.39 is 12.0 Å². The van der Waals surface area contributed by atoms with Crippen molar-refractivity contribution in [2.45, 2.75) is 44.5 Å². The van der Waals surface area contributed by atoms with Gasteiger partial charge in [-0.1, -0.05) is 71.9 Å². The minimum Gasteiger partial charge on any atom is -0.493 e. The number of thioether (sulfide) groups is 1. The predicted octanol–water partition coefficient (Wildman–Crippen LogP) is 6.54. The Kier molecular flexibility index (Phi) is 9.52. The number of fused-ring (bicyclic) bond motifs is 1. The fourth-order valence-corrected chi connectivity index (χ4v) is 5.41. The summed E-state index contributed by atoms with van der Waals surface area (Å²) in [5.41, 5.74) is 2.91. The lowest BCUT2D eigenvalue weighted by Crippen LogP contribution is -2.29. The van der Waals surface area contributed by atoms with E-state index in [0.29, 0.717) is 40.5 Å². The molecule has 38 heavy (non-hydrogen) atoms. The van der Waals surface area contributed by atoms with Gasteiger partial charge >= 0.3 is 5.97 Å². The molecule has 0 amide bonds. The second-order valence-electron chi connectivity index (χ2n) is 8.65. The Morgan fingerprint density at radius 2 is 2.11 bits per heavy atom. The Labute approximate surface area is 235 Å². The molecule has 0 fully saturated rings. The Balaban J connectivity index is 1.69. The molecule has 4 rings (SSSR count). The number of hydrogen-bond donors (Lipinski definition) is 1. The number of anilines is 1. The highest BCUT2D eigenvalue weighted by Crippen LogP contribution is 2.40. The molecule has 3 aromatic rings. The lowest BCUT2D eigenvalue weighted by atomic mass is 9.95. The summed E-state index contributed by atoms with van der Waals surface area (Å²) in [6.45, 7) is 8.13. The van der Waals surface area contributed by atoms with Crippen LogP contribution in [0.25, 0.3) is 0 Å². The second-order valence-corrected chi connectivity index (χ2v) is 10.6. The fraction of sp³-hybridized carbons (Fsp3) is 0.321. The molecule has 10 heteroatoms. The summed E-state index contributed by atoms with van der Waals surface area (Å²) in [7, 11) is 1.59. The molecule has 2 aromatic carbocycles. The molecular formula is C28H31BrN4O4S. The Morgan fingerprint density at radius 1 is 1.26 bits per heavy atom. The van der Waals surface area contributed by atoms with Gasteiger partial charge in [0.15, 0.2) is 11.5 Å². The van der Waals surface area contributed by atoms with Crippen LogP contribution in [0.1, 0.15) is 43.9 Å². The number of allylic oxidation sites excluding steroid dienone is 1. The van der Waals surface area contributed by atoms with Gasteiger partial charge in [0.2, 0.25) is 11.1 Å². The normalized spacial score (nSPS) is 14.5. The first kappa shape index (κ1) is 27.8. The molecule has 0 saturated carbocycles. The summed E-state index contributed by atoms with van der Waals surface area (Å²) >= 11 is 5.09. The van der Waals surface area contributed by atoms with Crippen LogP contribution in [0, 0.1) is 0 Å². The van der Waals surface area contributed by atoms with Crippen LogP contribution in [-0.2, 0) is 16.1 Å². The molecule has 8 nitrogen and oxygen atoms in total. The lowest BCUT2D eigenvalue weighted by molar-refractivity contribution is -0.138. The second kappa shape index (κ2) is 13.0. The molecule has 1 aliphatic rings. The van der Waals surface area contributed by atoms with E-state index in [1.165, 1.54) is 0 Å². The van der Waals surface area contributed by atoms with Gasteiger partial charge in [-0.15, -0.1) is 5.10 Å². The maximum absolute atomic E-state index is 13.2. The predicted molar refractivity (Wildman–Crippen MR) is 153 cm³/mol. The molecule has 1 atom stereocenters. The van der Waals surface area contributed by atoms with Crippen LogP contribution in [0.2, 0.25) is 0 Å². The summed E-state index contributed by atoms with van der Waals surface area (Å²) < 4.78 is 19.9. The maximum Gasteiger partial charge on any atom is 0.338 e. The Morgan fingerprint density at radius 3 is 2.84 bits per heavy atom. The highest BCUT2D eigenvalue weighted by molar-refractivity contribution is 9.10. The smallest absolute Gasteiger partial charge is 0.338 e. The molecule has 1 aliphatic heterocycles. The van der Waals surface area contributed by atoms with Crippen LogP contribution >= 0.6 is 27.7 Å². The van der Waals surface area contributed by atoms with E-state index >= 15 is 0 Å². The molecule has 1 aromatic heterocycles. The van der Waals surface area contributed by atoms with Gasteiger partial charge in [0.1, 0.15) is 19.3 Å². The van der Waals surface area contributed by atoms with Crippen LogP contribution in [-0.4, -0.2) is 40.2 Å². The van der Waals surface area contributed by atoms with E-state index in [2.05, 4.69) is 39.7 Å². The average molecular weight is 600 g/mol. The minimum atomic E-state index is -0.565. The van der Waals surface area contributed by atoms with Gasteiger partial charge < -0.3 is 19.5 Å². The first-order valence-corrected chi connectivity index (χ1v) is 14.1. The van der Waals surface area contributed by atoms with Gasteiger partial charge in [0, 0.05) is 15.9 Å². The van der Waals surface area contributed by atoms with E-state index in [1.54, 1.807) is 29.6 Å². The van der Waals surface area contributed by atoms with Crippen molar-refractivity contribution >= 4 is 39.6 Å². The van der Waals surface area contributed by atoms with E-state index in [0.717, 1.165) is 34.2 Å². The number of ether oxygens (including phenoxy) is 3. The first-order valence-electron chi connectivity index (χ1n) is 12.4. The first-order chi connectivity index (χ1) is 18.4. The molecule has 1 N–H and O–H groups in total. The van der Waals surface area contributed by atoms with Crippen molar-refractivity contribution in [3.63, 3.8) is 0 Å². The monoisotopic (exact) mass is 598 g/mol. The number of aromatic nitrogens is 3. The summed E-state index contributed by atoms with van der Waals surface area (Å²) in [6, 6.07) is 13.0. The van der Waals surface area contributed by atoms with Crippen LogP contribution in [0.15, 0.2) is 76.0 Å². The Hall–Kier alpha value is -3.24. The quantitative estimate of drug-likeness (QED) is 0.109. The van der Waals surface area contributed by atoms with E-state index in [-0.39, 0.29) is 6.61 Å². The lowest BCUT2D eigenvalue weighted by Gasteiger charge is -2.28. The Bertz CT molecular complexity index is 1340. The van der Waals surface area contributed by atoms with Gasteiger partial charge in [0.05, 0.1) is 12.7 Å². The number of carbonyl (C=O) groups excluding carboxylic acids is 1. The standard InChI is InChI=1S/C28H31BrN4O4S/c1-5-7-14-38-28-31-27-30-18(3)24(26(34)36-13-6-2)25(33(27)32-28)20-11-12-22(23(16-20)35-4)37-17-19-9-8-10-21(29)15-19/h6,8-12,15-16,25H,2,5,7,13-14,17H2,1,3-4H3,(H,30,31,32). The number of nitrogens with one attached hydrogen (secondary N) is 1. The zero-order chi connectivity index (χ0) is 27.1. The zero-order valence-corrected chi connectivity index (χ0v) is 24.1. The summed E-state index contributed by atoms with van der Waals surface area (Å²) in [5.74, 6) is 2.18. The number of unbranched alkanes of at least 4 members (excludes halogenated alkanes) is 1. The number of hydrogen-bond acceptors (Lipinski definition) is 8. The topological polar surface area (TPSA) is 87.5 Å². The van der Waals surface area contributed by atoms with Crippen molar-refractivity contribution in [1.29, 1.82) is 0 Å². The maximum atomic E-state index is 13.2. The van der Waals surface area contributed by atoms with E-state index in [9.17, 15) is 4.79 Å². The third-order valence-corrected chi connectivity index (χ3v) is 7.32. The van der Waals surface area contributed by atoms with Gasteiger partial charge in [-0.05, 0) is 48.7 Å².